The van der Waals surface area contributed by atoms with E-state index in [0.717, 1.165) is 0 Å². The summed E-state index contributed by atoms with van der Waals surface area (Å²) in [6, 6.07) is 5.83. The summed E-state index contributed by atoms with van der Waals surface area (Å²) in [7, 11) is -1.33. The average Bonchev–Trinajstić information content (AvgIpc) is 2.31. The van der Waals surface area contributed by atoms with Gasteiger partial charge in [0.1, 0.15) is 11.6 Å². The van der Waals surface area contributed by atoms with Gasteiger partial charge in [-0.15, -0.1) is 0 Å². The lowest BCUT2D eigenvalue weighted by molar-refractivity contribution is -0.113. The summed E-state index contributed by atoms with van der Waals surface area (Å²) in [6.07, 6.45) is 0. The van der Waals surface area contributed by atoms with E-state index in [1.807, 2.05) is 0 Å². The van der Waals surface area contributed by atoms with Crippen LogP contribution in [0.5, 0.6) is 0 Å². The molecule has 17 heavy (non-hydrogen) atoms. The first-order chi connectivity index (χ1) is 8.04. The van der Waals surface area contributed by atoms with E-state index in [1.54, 1.807) is 13.0 Å². The molecule has 0 aromatic heterocycles. The van der Waals surface area contributed by atoms with Gasteiger partial charge >= 0.3 is 0 Å². The van der Waals surface area contributed by atoms with E-state index in [2.05, 4.69) is 5.32 Å². The van der Waals surface area contributed by atoms with E-state index in [1.165, 1.54) is 18.2 Å². The number of hydrogen-bond acceptors (Lipinski definition) is 3. The standard InChI is InChI=1S/C11H15FN2O2S/c1-8(6-13)17(16)7-11(15)14-10-5-3-2-4-9(10)12/h2-5,8H,6-7,13H2,1H3,(H,14,15). The molecule has 0 aliphatic carbocycles. The number of carbonyl (C=O) groups is 1. The molecule has 0 fully saturated rings. The van der Waals surface area contributed by atoms with E-state index in [-0.39, 0.29) is 23.2 Å². The monoisotopic (exact) mass is 258 g/mol. The van der Waals surface area contributed by atoms with E-state index < -0.39 is 22.5 Å². The van der Waals surface area contributed by atoms with Gasteiger partial charge in [0.05, 0.1) is 5.69 Å². The highest BCUT2D eigenvalue weighted by atomic mass is 32.2. The molecule has 0 saturated carbocycles. The summed E-state index contributed by atoms with van der Waals surface area (Å²) in [6.45, 7) is 1.95. The second kappa shape index (κ2) is 6.46. The SMILES string of the molecule is CC(CN)S(=O)CC(=O)Nc1ccccc1F. The molecule has 4 nitrogen and oxygen atoms in total. The predicted molar refractivity (Wildman–Crippen MR) is 66.6 cm³/mol. The summed E-state index contributed by atoms with van der Waals surface area (Å²) in [5, 5.41) is 2.12. The Bertz CT molecular complexity index is 426. The van der Waals surface area contributed by atoms with Crippen LogP contribution in [0.1, 0.15) is 6.92 Å². The van der Waals surface area contributed by atoms with E-state index >= 15 is 0 Å². The molecule has 2 unspecified atom stereocenters. The number of nitrogens with one attached hydrogen (secondary N) is 1. The minimum Gasteiger partial charge on any atom is -0.329 e. The molecule has 0 bridgehead atoms. The van der Waals surface area contributed by atoms with Gasteiger partial charge in [-0.25, -0.2) is 4.39 Å². The molecule has 1 aromatic rings. The summed E-state index contributed by atoms with van der Waals surface area (Å²) in [4.78, 5) is 11.5. The fraction of sp³-hybridized carbons (Fsp3) is 0.364. The van der Waals surface area contributed by atoms with Gasteiger partial charge < -0.3 is 11.1 Å². The third kappa shape index (κ3) is 4.24. The highest BCUT2D eigenvalue weighted by Gasteiger charge is 2.14. The van der Waals surface area contributed by atoms with Gasteiger partial charge in [0, 0.05) is 22.6 Å². The molecule has 94 valence electrons. The Morgan fingerprint density at radius 3 is 2.76 bits per heavy atom. The number of carbonyl (C=O) groups excluding carboxylic acids is 1. The van der Waals surface area contributed by atoms with Crippen molar-refractivity contribution in [1.29, 1.82) is 0 Å². The Kier molecular flexibility index (Phi) is 5.24. The van der Waals surface area contributed by atoms with Crippen LogP contribution < -0.4 is 11.1 Å². The summed E-state index contributed by atoms with van der Waals surface area (Å²) >= 11 is 0. The van der Waals surface area contributed by atoms with Gasteiger partial charge in [0.15, 0.2) is 0 Å². The molecule has 6 heteroatoms. The molecule has 2 atom stereocenters. The van der Waals surface area contributed by atoms with Crippen LogP contribution in [0.2, 0.25) is 0 Å². The summed E-state index contributed by atoms with van der Waals surface area (Å²) in [5.41, 5.74) is 5.43. The van der Waals surface area contributed by atoms with E-state index in [4.69, 9.17) is 5.73 Å². The number of benzene rings is 1. The third-order valence-corrected chi connectivity index (χ3v) is 3.84. The second-order valence-electron chi connectivity index (χ2n) is 3.60. The number of amides is 1. The van der Waals surface area contributed by atoms with Crippen LogP contribution in [0.3, 0.4) is 0 Å². The Balaban J connectivity index is 2.56. The van der Waals surface area contributed by atoms with E-state index in [9.17, 15) is 13.4 Å². The zero-order valence-electron chi connectivity index (χ0n) is 9.48. The number of nitrogens with two attached hydrogens (primary N) is 1. The molecule has 1 amide bonds. The largest absolute Gasteiger partial charge is 0.329 e. The van der Waals surface area contributed by atoms with Gasteiger partial charge in [0.25, 0.3) is 0 Å². The average molecular weight is 258 g/mol. The van der Waals surface area contributed by atoms with Crippen LogP contribution in [0.25, 0.3) is 0 Å². The first-order valence-corrected chi connectivity index (χ1v) is 6.54. The molecule has 0 aliphatic rings. The van der Waals surface area contributed by atoms with Crippen molar-refractivity contribution in [3.63, 3.8) is 0 Å². The van der Waals surface area contributed by atoms with Gasteiger partial charge in [-0.1, -0.05) is 12.1 Å². The number of halogens is 1. The topological polar surface area (TPSA) is 72.2 Å². The first-order valence-electron chi connectivity index (χ1n) is 5.16. The quantitative estimate of drug-likeness (QED) is 0.822. The highest BCUT2D eigenvalue weighted by molar-refractivity contribution is 7.86. The van der Waals surface area contributed by atoms with E-state index in [0.29, 0.717) is 0 Å². The van der Waals surface area contributed by atoms with Crippen molar-refractivity contribution < 1.29 is 13.4 Å². The number of para-hydroxylation sites is 1. The second-order valence-corrected chi connectivity index (χ2v) is 5.45. The first kappa shape index (κ1) is 13.8. The molecule has 1 rings (SSSR count). The van der Waals surface area contributed by atoms with Crippen LogP contribution in [-0.4, -0.2) is 27.7 Å². The number of hydrogen-bond donors (Lipinski definition) is 2. The lowest BCUT2D eigenvalue weighted by Gasteiger charge is -2.09. The lowest BCUT2D eigenvalue weighted by Crippen LogP contribution is -2.29. The van der Waals surface area contributed by atoms with Crippen LogP contribution in [-0.2, 0) is 15.6 Å². The molecule has 0 radical (unpaired) electrons. The molecule has 0 heterocycles. The smallest absolute Gasteiger partial charge is 0.237 e. The zero-order valence-corrected chi connectivity index (χ0v) is 10.3. The minimum absolute atomic E-state index is 0.0925. The summed E-state index contributed by atoms with van der Waals surface area (Å²) < 4.78 is 24.7. The molecule has 1 aromatic carbocycles. The van der Waals surface area contributed by atoms with Crippen LogP contribution in [0.15, 0.2) is 24.3 Å². The maximum Gasteiger partial charge on any atom is 0.237 e. The zero-order chi connectivity index (χ0) is 12.8. The Morgan fingerprint density at radius 2 is 2.18 bits per heavy atom. The Morgan fingerprint density at radius 1 is 1.53 bits per heavy atom. The normalized spacial score (nSPS) is 14.1. The van der Waals surface area contributed by atoms with Gasteiger partial charge in [-0.2, -0.15) is 0 Å². The summed E-state index contributed by atoms with van der Waals surface area (Å²) in [5.74, 6) is -1.17. The fourth-order valence-corrected chi connectivity index (χ4v) is 1.96. The maximum absolute atomic E-state index is 13.2. The molecule has 0 spiro atoms. The lowest BCUT2D eigenvalue weighted by atomic mass is 10.3. The van der Waals surface area contributed by atoms with Crippen molar-refractivity contribution in [3.8, 4) is 0 Å². The molecule has 3 N–H and O–H groups in total. The molecular weight excluding hydrogens is 243 g/mol. The molecular formula is C11H15FN2O2S. The van der Waals surface area contributed by atoms with Crippen molar-refractivity contribution in [1.82, 2.24) is 0 Å². The highest BCUT2D eigenvalue weighted by Crippen LogP contribution is 2.12. The fourth-order valence-electron chi connectivity index (χ4n) is 1.13. The third-order valence-electron chi connectivity index (χ3n) is 2.20. The van der Waals surface area contributed by atoms with Crippen molar-refractivity contribution in [2.45, 2.75) is 12.2 Å². The molecule has 0 aliphatic heterocycles. The number of anilines is 1. The van der Waals surface area contributed by atoms with Crippen LogP contribution in [0, 0.1) is 5.82 Å². The Hall–Kier alpha value is -1.27. The maximum atomic E-state index is 13.2. The minimum atomic E-state index is -1.33. The van der Waals surface area contributed by atoms with Crippen molar-refractivity contribution in [2.75, 3.05) is 17.6 Å². The van der Waals surface area contributed by atoms with Crippen molar-refractivity contribution in [2.24, 2.45) is 5.73 Å². The van der Waals surface area contributed by atoms with Crippen LogP contribution >= 0.6 is 0 Å². The van der Waals surface area contributed by atoms with Gasteiger partial charge in [-0.3, -0.25) is 9.00 Å². The van der Waals surface area contributed by atoms with Crippen molar-refractivity contribution >= 4 is 22.4 Å². The Labute approximate surface area is 102 Å². The van der Waals surface area contributed by atoms with Crippen LogP contribution in [0.4, 0.5) is 10.1 Å². The molecule has 0 saturated heterocycles. The van der Waals surface area contributed by atoms with Gasteiger partial charge in [0.2, 0.25) is 5.91 Å². The van der Waals surface area contributed by atoms with Gasteiger partial charge in [-0.05, 0) is 19.1 Å². The predicted octanol–water partition coefficient (Wildman–Crippen LogP) is 0.860. The van der Waals surface area contributed by atoms with Crippen molar-refractivity contribution in [3.05, 3.63) is 30.1 Å². The number of rotatable bonds is 5.